The lowest BCUT2D eigenvalue weighted by atomic mass is 10.3. The van der Waals surface area contributed by atoms with Crippen LogP contribution in [-0.2, 0) is 22.6 Å². The first-order chi connectivity index (χ1) is 11.7. The molecule has 2 aromatic heterocycles. The van der Waals surface area contributed by atoms with Crippen molar-refractivity contribution in [2.24, 2.45) is 0 Å². The van der Waals surface area contributed by atoms with Gasteiger partial charge in [-0.2, -0.15) is 0 Å². The van der Waals surface area contributed by atoms with Crippen molar-refractivity contribution in [1.82, 2.24) is 0 Å². The highest BCUT2D eigenvalue weighted by Crippen LogP contribution is 1.90. The molecule has 2 aromatic rings. The quantitative estimate of drug-likeness (QED) is 0.438. The standard InChI is InChI=1S/C18H26N2O4/c21-17(13-19-7-3-1-4-8-19)15-23-11-12-24-16-18(22)14-20-9-5-2-6-10-20/h1-10,17-18,21-22H,11-16H2/q+2. The zero-order valence-electron chi connectivity index (χ0n) is 13.8. The minimum atomic E-state index is -0.558. The van der Waals surface area contributed by atoms with E-state index < -0.39 is 12.2 Å². The van der Waals surface area contributed by atoms with Gasteiger partial charge in [-0.1, -0.05) is 12.1 Å². The third-order valence-corrected chi connectivity index (χ3v) is 3.39. The lowest BCUT2D eigenvalue weighted by Gasteiger charge is -2.10. The van der Waals surface area contributed by atoms with Gasteiger partial charge in [0.2, 0.25) is 0 Å². The largest absolute Gasteiger partial charge is 0.384 e. The second-order valence-electron chi connectivity index (χ2n) is 5.60. The van der Waals surface area contributed by atoms with Crippen molar-refractivity contribution < 1.29 is 28.8 Å². The van der Waals surface area contributed by atoms with Crippen LogP contribution in [0.5, 0.6) is 0 Å². The van der Waals surface area contributed by atoms with E-state index in [0.717, 1.165) is 0 Å². The third kappa shape index (κ3) is 7.61. The summed E-state index contributed by atoms with van der Waals surface area (Å²) in [4.78, 5) is 0. The second-order valence-corrected chi connectivity index (χ2v) is 5.60. The van der Waals surface area contributed by atoms with E-state index in [2.05, 4.69) is 0 Å². The molecule has 2 atom stereocenters. The number of hydrogen-bond donors (Lipinski definition) is 2. The monoisotopic (exact) mass is 334 g/mol. The highest BCUT2D eigenvalue weighted by molar-refractivity contribution is 4.84. The summed E-state index contributed by atoms with van der Waals surface area (Å²) in [5.41, 5.74) is 0. The summed E-state index contributed by atoms with van der Waals surface area (Å²) < 4.78 is 14.6. The SMILES string of the molecule is OC(COCCOCC(O)C[n+]1ccccc1)C[n+]1ccccc1. The molecule has 0 aliphatic carbocycles. The van der Waals surface area contributed by atoms with Gasteiger partial charge in [-0.25, -0.2) is 9.13 Å². The molecule has 6 heteroatoms. The molecule has 0 aliphatic rings. The summed E-state index contributed by atoms with van der Waals surface area (Å²) in [5.74, 6) is 0. The fourth-order valence-electron chi connectivity index (χ4n) is 2.26. The summed E-state index contributed by atoms with van der Waals surface area (Å²) in [6.45, 7) is 2.29. The summed E-state index contributed by atoms with van der Waals surface area (Å²) in [5, 5.41) is 19.8. The van der Waals surface area contributed by atoms with Gasteiger partial charge in [-0.3, -0.25) is 0 Å². The summed E-state index contributed by atoms with van der Waals surface area (Å²) >= 11 is 0. The first-order valence-corrected chi connectivity index (χ1v) is 8.14. The summed E-state index contributed by atoms with van der Waals surface area (Å²) in [7, 11) is 0. The molecule has 24 heavy (non-hydrogen) atoms. The number of ether oxygens (including phenoxy) is 2. The number of rotatable bonds is 11. The van der Waals surface area contributed by atoms with Crippen LogP contribution < -0.4 is 9.13 Å². The fraction of sp³-hybridized carbons (Fsp3) is 0.444. The number of aliphatic hydroxyl groups excluding tert-OH is 2. The summed E-state index contributed by atoms with van der Waals surface area (Å²) in [6.07, 6.45) is 6.49. The number of aliphatic hydroxyl groups is 2. The van der Waals surface area contributed by atoms with Crippen LogP contribution >= 0.6 is 0 Å². The predicted octanol–water partition coefficient (Wildman–Crippen LogP) is -0.283. The van der Waals surface area contributed by atoms with E-state index in [1.807, 2.05) is 70.3 Å². The van der Waals surface area contributed by atoms with E-state index in [4.69, 9.17) is 9.47 Å². The number of pyridine rings is 2. The topological polar surface area (TPSA) is 66.7 Å². The molecule has 2 N–H and O–H groups in total. The minimum absolute atomic E-state index is 0.258. The molecule has 2 heterocycles. The highest BCUT2D eigenvalue weighted by atomic mass is 16.5. The van der Waals surface area contributed by atoms with E-state index in [-0.39, 0.29) is 13.2 Å². The lowest BCUT2D eigenvalue weighted by molar-refractivity contribution is -0.704. The van der Waals surface area contributed by atoms with E-state index in [1.165, 1.54) is 0 Å². The Balaban J connectivity index is 1.49. The number of nitrogens with zero attached hydrogens (tertiary/aromatic N) is 2. The smallest absolute Gasteiger partial charge is 0.176 e. The molecule has 0 aromatic carbocycles. The lowest BCUT2D eigenvalue weighted by Crippen LogP contribution is -2.41. The van der Waals surface area contributed by atoms with Crippen LogP contribution in [0.1, 0.15) is 0 Å². The molecule has 0 bridgehead atoms. The molecule has 2 rings (SSSR count). The van der Waals surface area contributed by atoms with Crippen molar-refractivity contribution >= 4 is 0 Å². The van der Waals surface area contributed by atoms with Gasteiger partial charge < -0.3 is 19.7 Å². The Morgan fingerprint density at radius 2 is 1.00 bits per heavy atom. The second kappa shape index (κ2) is 10.8. The first-order valence-electron chi connectivity index (χ1n) is 8.14. The van der Waals surface area contributed by atoms with E-state index in [9.17, 15) is 10.2 Å². The van der Waals surface area contributed by atoms with Crippen LogP contribution in [0.4, 0.5) is 0 Å². The molecule has 0 radical (unpaired) electrons. The average Bonchev–Trinajstić information content (AvgIpc) is 2.60. The maximum absolute atomic E-state index is 9.88. The Morgan fingerprint density at radius 3 is 1.38 bits per heavy atom. The van der Waals surface area contributed by atoms with E-state index in [0.29, 0.717) is 26.3 Å². The van der Waals surface area contributed by atoms with Crippen LogP contribution in [0.2, 0.25) is 0 Å². The van der Waals surface area contributed by atoms with Crippen molar-refractivity contribution in [2.45, 2.75) is 25.3 Å². The number of aromatic nitrogens is 2. The molecule has 130 valence electrons. The molecular weight excluding hydrogens is 308 g/mol. The van der Waals surface area contributed by atoms with Gasteiger partial charge >= 0.3 is 0 Å². The van der Waals surface area contributed by atoms with Crippen LogP contribution in [0.15, 0.2) is 61.2 Å². The van der Waals surface area contributed by atoms with Crippen molar-refractivity contribution in [3.8, 4) is 0 Å². The van der Waals surface area contributed by atoms with Crippen molar-refractivity contribution in [3.05, 3.63) is 61.2 Å². The van der Waals surface area contributed by atoms with E-state index in [1.54, 1.807) is 0 Å². The minimum Gasteiger partial charge on any atom is -0.384 e. The summed E-state index contributed by atoms with van der Waals surface area (Å²) in [6, 6.07) is 11.5. The molecule has 0 aliphatic heterocycles. The maximum atomic E-state index is 9.88. The fourth-order valence-corrected chi connectivity index (χ4v) is 2.26. The average molecular weight is 334 g/mol. The normalized spacial score (nSPS) is 13.6. The number of hydrogen-bond acceptors (Lipinski definition) is 4. The molecular formula is C18H26N2O4+2. The van der Waals surface area contributed by atoms with Gasteiger partial charge in [-0.15, -0.1) is 0 Å². The molecule has 0 spiro atoms. The van der Waals surface area contributed by atoms with Crippen LogP contribution in [0, 0.1) is 0 Å². The molecule has 0 saturated heterocycles. The Bertz CT molecular complexity index is 502. The zero-order chi connectivity index (χ0) is 17.0. The van der Waals surface area contributed by atoms with Gasteiger partial charge in [0, 0.05) is 24.3 Å². The Morgan fingerprint density at radius 1 is 0.625 bits per heavy atom. The predicted molar refractivity (Wildman–Crippen MR) is 86.9 cm³/mol. The Labute approximate surface area is 142 Å². The van der Waals surface area contributed by atoms with Gasteiger partial charge in [0.25, 0.3) is 0 Å². The van der Waals surface area contributed by atoms with Gasteiger partial charge in [0.15, 0.2) is 37.9 Å². The molecule has 0 fully saturated rings. The van der Waals surface area contributed by atoms with Crippen LogP contribution in [0.25, 0.3) is 0 Å². The van der Waals surface area contributed by atoms with Gasteiger partial charge in [0.05, 0.1) is 26.4 Å². The third-order valence-electron chi connectivity index (χ3n) is 3.39. The van der Waals surface area contributed by atoms with Crippen molar-refractivity contribution in [1.29, 1.82) is 0 Å². The van der Waals surface area contributed by atoms with Crippen LogP contribution in [-0.4, -0.2) is 48.8 Å². The van der Waals surface area contributed by atoms with Crippen molar-refractivity contribution in [3.63, 3.8) is 0 Å². The molecule has 2 unspecified atom stereocenters. The molecule has 0 saturated carbocycles. The maximum Gasteiger partial charge on any atom is 0.176 e. The molecule has 6 nitrogen and oxygen atoms in total. The van der Waals surface area contributed by atoms with Crippen molar-refractivity contribution in [2.75, 3.05) is 26.4 Å². The van der Waals surface area contributed by atoms with Crippen LogP contribution in [0.3, 0.4) is 0 Å². The highest BCUT2D eigenvalue weighted by Gasteiger charge is 2.12. The van der Waals surface area contributed by atoms with Gasteiger partial charge in [-0.05, 0) is 0 Å². The Kier molecular flexibility index (Phi) is 8.34. The first kappa shape index (κ1) is 18.5. The molecule has 0 amide bonds. The van der Waals surface area contributed by atoms with Gasteiger partial charge in [0.1, 0.15) is 12.2 Å². The Hall–Kier alpha value is -1.86. The van der Waals surface area contributed by atoms with E-state index >= 15 is 0 Å². The zero-order valence-corrected chi connectivity index (χ0v) is 13.8.